The number of nitrogens with one attached hydrogen (secondary N) is 1. The fourth-order valence-corrected chi connectivity index (χ4v) is 1.43. The SMILES string of the molecule is C=Cc1nc2cc(C)[nH]n2c1C=C. The molecule has 0 saturated carbocycles. The van der Waals surface area contributed by atoms with Crippen LogP contribution in [-0.2, 0) is 0 Å². The minimum absolute atomic E-state index is 0.862. The first-order chi connectivity index (χ1) is 6.26. The second-order valence-electron chi connectivity index (χ2n) is 2.92. The first kappa shape index (κ1) is 7.86. The van der Waals surface area contributed by atoms with Gasteiger partial charge in [0.25, 0.3) is 0 Å². The molecule has 1 N–H and O–H groups in total. The molecule has 0 unspecified atom stereocenters. The molecular formula is C10H11N3. The molecule has 2 heterocycles. The van der Waals surface area contributed by atoms with Gasteiger partial charge in [-0.2, -0.15) is 0 Å². The van der Waals surface area contributed by atoms with Crippen molar-refractivity contribution >= 4 is 17.8 Å². The molecule has 2 rings (SSSR count). The summed E-state index contributed by atoms with van der Waals surface area (Å²) in [6.45, 7) is 9.44. The number of rotatable bonds is 2. The monoisotopic (exact) mass is 173 g/mol. The van der Waals surface area contributed by atoms with Gasteiger partial charge in [0, 0.05) is 11.8 Å². The zero-order valence-electron chi connectivity index (χ0n) is 7.54. The Morgan fingerprint density at radius 3 is 2.85 bits per heavy atom. The molecule has 0 aliphatic heterocycles. The quantitative estimate of drug-likeness (QED) is 0.742. The maximum absolute atomic E-state index is 4.37. The lowest BCUT2D eigenvalue weighted by atomic mass is 10.3. The molecule has 66 valence electrons. The van der Waals surface area contributed by atoms with Gasteiger partial charge in [-0.05, 0) is 19.1 Å². The number of hydrogen-bond donors (Lipinski definition) is 1. The van der Waals surface area contributed by atoms with Crippen LogP contribution in [0.25, 0.3) is 17.8 Å². The van der Waals surface area contributed by atoms with Crippen molar-refractivity contribution in [3.8, 4) is 0 Å². The van der Waals surface area contributed by atoms with Gasteiger partial charge in [-0.15, -0.1) is 0 Å². The molecule has 3 heteroatoms. The molecule has 0 radical (unpaired) electrons. The van der Waals surface area contributed by atoms with Crippen molar-refractivity contribution in [1.82, 2.24) is 14.6 Å². The number of hydrogen-bond acceptors (Lipinski definition) is 1. The number of fused-ring (bicyclic) bond motifs is 1. The van der Waals surface area contributed by atoms with Gasteiger partial charge in [0.1, 0.15) is 0 Å². The standard InChI is InChI=1S/C10H11N3/c1-4-8-9(5-2)13-10(11-8)6-7(3)12-13/h4-6,12H,1-2H2,3H3. The zero-order valence-corrected chi connectivity index (χ0v) is 7.54. The maximum Gasteiger partial charge on any atom is 0.154 e. The van der Waals surface area contributed by atoms with Gasteiger partial charge in [-0.25, -0.2) is 9.50 Å². The average Bonchev–Trinajstić information content (AvgIpc) is 2.59. The van der Waals surface area contributed by atoms with Gasteiger partial charge in [0.2, 0.25) is 0 Å². The molecule has 0 aromatic carbocycles. The molecular weight excluding hydrogens is 162 g/mol. The third kappa shape index (κ3) is 1.01. The largest absolute Gasteiger partial charge is 0.297 e. The Hall–Kier alpha value is -1.77. The van der Waals surface area contributed by atoms with Crippen LogP contribution in [0, 0.1) is 6.92 Å². The first-order valence-corrected chi connectivity index (χ1v) is 4.09. The fourth-order valence-electron chi connectivity index (χ4n) is 1.43. The predicted molar refractivity (Wildman–Crippen MR) is 54.5 cm³/mol. The molecule has 2 aromatic heterocycles. The van der Waals surface area contributed by atoms with Crippen LogP contribution >= 0.6 is 0 Å². The second kappa shape index (κ2) is 2.62. The number of nitrogens with zero attached hydrogens (tertiary/aromatic N) is 2. The highest BCUT2D eigenvalue weighted by atomic mass is 15.3. The summed E-state index contributed by atoms with van der Waals surface area (Å²) in [7, 11) is 0. The molecule has 0 saturated heterocycles. The Bertz CT molecular complexity index is 474. The zero-order chi connectivity index (χ0) is 9.42. The smallest absolute Gasteiger partial charge is 0.154 e. The van der Waals surface area contributed by atoms with Gasteiger partial charge < -0.3 is 0 Å². The Morgan fingerprint density at radius 2 is 2.23 bits per heavy atom. The predicted octanol–water partition coefficient (Wildman–Crippen LogP) is 2.26. The highest BCUT2D eigenvalue weighted by Gasteiger charge is 2.07. The van der Waals surface area contributed by atoms with Crippen molar-refractivity contribution in [2.75, 3.05) is 0 Å². The van der Waals surface area contributed by atoms with Gasteiger partial charge >= 0.3 is 0 Å². The summed E-state index contributed by atoms with van der Waals surface area (Å²) in [5.41, 5.74) is 3.81. The minimum atomic E-state index is 0.862. The van der Waals surface area contributed by atoms with E-state index < -0.39 is 0 Å². The summed E-state index contributed by atoms with van der Waals surface area (Å²) in [6.07, 6.45) is 3.50. The van der Waals surface area contributed by atoms with Gasteiger partial charge in [-0.3, -0.25) is 5.10 Å². The molecule has 2 aromatic rings. The lowest BCUT2D eigenvalue weighted by Gasteiger charge is -1.91. The third-order valence-electron chi connectivity index (χ3n) is 1.99. The summed E-state index contributed by atoms with van der Waals surface area (Å²) in [5.74, 6) is 0. The molecule has 0 bridgehead atoms. The molecule has 3 nitrogen and oxygen atoms in total. The van der Waals surface area contributed by atoms with Crippen LogP contribution in [0.15, 0.2) is 19.2 Å². The van der Waals surface area contributed by atoms with E-state index in [1.807, 2.05) is 17.5 Å². The number of imidazole rings is 1. The van der Waals surface area contributed by atoms with Crippen LogP contribution < -0.4 is 0 Å². The average molecular weight is 173 g/mol. The molecule has 0 fully saturated rings. The van der Waals surface area contributed by atoms with Crippen LogP contribution in [0.4, 0.5) is 0 Å². The van der Waals surface area contributed by atoms with Gasteiger partial charge in [0.15, 0.2) is 5.65 Å². The van der Waals surface area contributed by atoms with E-state index >= 15 is 0 Å². The highest BCUT2D eigenvalue weighted by Crippen LogP contribution is 2.15. The van der Waals surface area contributed by atoms with E-state index in [9.17, 15) is 0 Å². The number of aromatic nitrogens is 3. The topological polar surface area (TPSA) is 33.1 Å². The Morgan fingerprint density at radius 1 is 1.46 bits per heavy atom. The van der Waals surface area contributed by atoms with Crippen LogP contribution in [-0.4, -0.2) is 14.6 Å². The highest BCUT2D eigenvalue weighted by molar-refractivity contribution is 5.63. The van der Waals surface area contributed by atoms with Crippen LogP contribution in [0.2, 0.25) is 0 Å². The van der Waals surface area contributed by atoms with E-state index in [4.69, 9.17) is 0 Å². The number of aromatic amines is 1. The summed E-state index contributed by atoms with van der Waals surface area (Å²) in [6, 6.07) is 1.99. The first-order valence-electron chi connectivity index (χ1n) is 4.09. The van der Waals surface area contributed by atoms with Crippen LogP contribution in [0.1, 0.15) is 17.1 Å². The lowest BCUT2D eigenvalue weighted by molar-refractivity contribution is 0.934. The number of aryl methyl sites for hydroxylation is 1. The van der Waals surface area contributed by atoms with Crippen molar-refractivity contribution in [3.63, 3.8) is 0 Å². The number of H-pyrrole nitrogens is 1. The Kier molecular flexibility index (Phi) is 1.59. The van der Waals surface area contributed by atoms with Gasteiger partial charge in [-0.1, -0.05) is 13.2 Å². The Labute approximate surface area is 76.4 Å². The van der Waals surface area contributed by atoms with E-state index in [2.05, 4.69) is 23.2 Å². The summed E-state index contributed by atoms with van der Waals surface area (Å²) < 4.78 is 1.90. The van der Waals surface area contributed by atoms with Crippen LogP contribution in [0.3, 0.4) is 0 Å². The summed E-state index contributed by atoms with van der Waals surface area (Å²) in [4.78, 5) is 4.37. The van der Waals surface area contributed by atoms with Crippen molar-refractivity contribution in [3.05, 3.63) is 36.3 Å². The maximum atomic E-state index is 4.37. The van der Waals surface area contributed by atoms with Crippen molar-refractivity contribution < 1.29 is 0 Å². The fraction of sp³-hybridized carbons (Fsp3) is 0.100. The molecule has 13 heavy (non-hydrogen) atoms. The Balaban J connectivity index is 2.84. The van der Waals surface area contributed by atoms with Gasteiger partial charge in [0.05, 0.1) is 11.4 Å². The van der Waals surface area contributed by atoms with E-state index in [1.165, 1.54) is 0 Å². The molecule has 0 aliphatic rings. The molecule has 0 atom stereocenters. The van der Waals surface area contributed by atoms with E-state index in [1.54, 1.807) is 12.2 Å². The van der Waals surface area contributed by atoms with E-state index in [0.29, 0.717) is 0 Å². The second-order valence-corrected chi connectivity index (χ2v) is 2.92. The van der Waals surface area contributed by atoms with E-state index in [0.717, 1.165) is 22.7 Å². The molecule has 0 amide bonds. The summed E-state index contributed by atoms with van der Waals surface area (Å²) >= 11 is 0. The minimum Gasteiger partial charge on any atom is -0.297 e. The van der Waals surface area contributed by atoms with E-state index in [-0.39, 0.29) is 0 Å². The normalized spacial score (nSPS) is 10.5. The summed E-state index contributed by atoms with van der Waals surface area (Å²) in [5, 5.41) is 3.17. The molecule has 0 spiro atoms. The van der Waals surface area contributed by atoms with Crippen molar-refractivity contribution in [2.45, 2.75) is 6.92 Å². The molecule has 0 aliphatic carbocycles. The van der Waals surface area contributed by atoms with Crippen molar-refractivity contribution in [1.29, 1.82) is 0 Å². The third-order valence-corrected chi connectivity index (χ3v) is 1.99. The lowest BCUT2D eigenvalue weighted by Crippen LogP contribution is -1.88. The van der Waals surface area contributed by atoms with Crippen LogP contribution in [0.5, 0.6) is 0 Å². The van der Waals surface area contributed by atoms with Crippen molar-refractivity contribution in [2.24, 2.45) is 0 Å².